The van der Waals surface area contributed by atoms with Crippen LogP contribution in [0.4, 0.5) is 17.6 Å². The maximum atomic E-state index is 14.1. The van der Waals surface area contributed by atoms with Crippen molar-refractivity contribution in [2.45, 2.75) is 36.5 Å². The topological polar surface area (TPSA) is 48.9 Å². The van der Waals surface area contributed by atoms with Crippen LogP contribution < -0.4 is 4.74 Å². The predicted octanol–water partition coefficient (Wildman–Crippen LogP) is 5.40. The second-order valence-electron chi connectivity index (χ2n) is 10.7. The lowest BCUT2D eigenvalue weighted by molar-refractivity contribution is -0.137. The van der Waals surface area contributed by atoms with Crippen molar-refractivity contribution in [1.29, 1.82) is 0 Å². The quantitative estimate of drug-likeness (QED) is 0.254. The minimum atomic E-state index is -4.56. The third-order valence-corrected chi connectivity index (χ3v) is 8.71. The molecule has 3 heterocycles. The minimum absolute atomic E-state index is 0.0184. The lowest BCUT2D eigenvalue weighted by Gasteiger charge is -2.42. The Morgan fingerprint density at radius 2 is 1.88 bits per heavy atom. The number of piperazine rings is 1. The SMILES string of the molecule is COc1cc(C[C@@H]2CN(CCN3CCc4ncccc4C3)CCN2C(=O)c2cc(SC)cc(C(F)(F)F)c2)ccc1F. The van der Waals surface area contributed by atoms with Crippen molar-refractivity contribution in [3.05, 3.63) is 88.5 Å². The van der Waals surface area contributed by atoms with Gasteiger partial charge in [-0.3, -0.25) is 19.6 Å². The highest BCUT2D eigenvalue weighted by Crippen LogP contribution is 2.33. The first-order valence-electron chi connectivity index (χ1n) is 13.9. The molecular weight excluding hydrogens is 568 g/mol. The number of rotatable bonds is 8. The summed E-state index contributed by atoms with van der Waals surface area (Å²) in [6, 6.07) is 11.9. The number of fused-ring (bicyclic) bond motifs is 1. The Labute approximate surface area is 247 Å². The number of nitrogens with zero attached hydrogens (tertiary/aromatic N) is 4. The average molecular weight is 603 g/mol. The molecule has 1 aromatic heterocycles. The fourth-order valence-electron chi connectivity index (χ4n) is 5.74. The molecule has 1 amide bonds. The van der Waals surface area contributed by atoms with Crippen molar-refractivity contribution < 1.29 is 27.1 Å². The molecule has 0 bridgehead atoms. The van der Waals surface area contributed by atoms with E-state index in [1.54, 1.807) is 23.3 Å². The lowest BCUT2D eigenvalue weighted by atomic mass is 9.99. The van der Waals surface area contributed by atoms with Gasteiger partial charge in [0.05, 0.1) is 12.7 Å². The number of halogens is 4. The zero-order valence-electron chi connectivity index (χ0n) is 23.7. The van der Waals surface area contributed by atoms with Crippen molar-refractivity contribution in [2.75, 3.05) is 52.6 Å². The van der Waals surface area contributed by atoms with Crippen LogP contribution in [-0.2, 0) is 25.6 Å². The van der Waals surface area contributed by atoms with E-state index in [0.717, 1.165) is 56.0 Å². The van der Waals surface area contributed by atoms with Crippen molar-refractivity contribution >= 4 is 17.7 Å². The van der Waals surface area contributed by atoms with E-state index in [9.17, 15) is 22.4 Å². The first-order valence-corrected chi connectivity index (χ1v) is 15.1. The summed E-state index contributed by atoms with van der Waals surface area (Å²) in [6.45, 7) is 4.94. The summed E-state index contributed by atoms with van der Waals surface area (Å²) < 4.78 is 60.2. The molecule has 1 saturated heterocycles. The highest BCUT2D eigenvalue weighted by Gasteiger charge is 2.35. The summed E-state index contributed by atoms with van der Waals surface area (Å²) in [6.07, 6.45) is 0.269. The van der Waals surface area contributed by atoms with E-state index in [4.69, 9.17) is 4.74 Å². The predicted molar refractivity (Wildman–Crippen MR) is 154 cm³/mol. The molecule has 0 radical (unpaired) electrons. The molecule has 0 saturated carbocycles. The van der Waals surface area contributed by atoms with Crippen LogP contribution in [0.15, 0.2) is 59.6 Å². The standard InChI is InChI=1S/C31H34F4N4O2S/c1-41-29-15-21(5-6-27(29)32)14-25-20-38(11-10-37-9-7-28-22(19-37)4-3-8-36-28)12-13-39(25)30(40)23-16-24(31(33,34)35)18-26(17-23)42-2/h3-6,8,15-18,25H,7,9-14,19-20H2,1-2H3/t25-/m1/s1. The lowest BCUT2D eigenvalue weighted by Crippen LogP contribution is -2.57. The number of benzene rings is 2. The second-order valence-corrected chi connectivity index (χ2v) is 11.6. The summed E-state index contributed by atoms with van der Waals surface area (Å²) >= 11 is 1.17. The Morgan fingerprint density at radius 3 is 2.64 bits per heavy atom. The van der Waals surface area contributed by atoms with E-state index in [0.29, 0.717) is 31.0 Å². The molecular formula is C31H34F4N4O2S. The number of carbonyl (C=O) groups is 1. The fraction of sp³-hybridized carbons (Fsp3) is 0.419. The third-order valence-electron chi connectivity index (χ3n) is 8.01. The third kappa shape index (κ3) is 7.07. The van der Waals surface area contributed by atoms with Crippen molar-refractivity contribution in [3.63, 3.8) is 0 Å². The largest absolute Gasteiger partial charge is 0.494 e. The van der Waals surface area contributed by atoms with Gasteiger partial charge >= 0.3 is 6.18 Å². The van der Waals surface area contributed by atoms with Gasteiger partial charge < -0.3 is 9.64 Å². The normalized spacial score (nSPS) is 18.1. The molecule has 42 heavy (non-hydrogen) atoms. The Balaban J connectivity index is 1.34. The van der Waals surface area contributed by atoms with Crippen LogP contribution in [0.2, 0.25) is 0 Å². The van der Waals surface area contributed by atoms with Crippen LogP contribution in [-0.4, -0.2) is 84.3 Å². The maximum Gasteiger partial charge on any atom is 0.416 e. The van der Waals surface area contributed by atoms with Crippen LogP contribution in [0.25, 0.3) is 0 Å². The van der Waals surface area contributed by atoms with Crippen molar-refractivity contribution in [3.8, 4) is 5.75 Å². The summed E-state index contributed by atoms with van der Waals surface area (Å²) in [4.78, 5) is 25.0. The average Bonchev–Trinajstić information content (AvgIpc) is 3.00. The second kappa shape index (κ2) is 13.0. The van der Waals surface area contributed by atoms with Gasteiger partial charge in [0, 0.05) is 80.6 Å². The molecule has 0 N–H and O–H groups in total. The van der Waals surface area contributed by atoms with Crippen LogP contribution in [0.3, 0.4) is 0 Å². The minimum Gasteiger partial charge on any atom is -0.494 e. The van der Waals surface area contributed by atoms with E-state index in [1.165, 1.54) is 36.6 Å². The zero-order valence-corrected chi connectivity index (χ0v) is 24.5. The Morgan fingerprint density at radius 1 is 1.07 bits per heavy atom. The molecule has 224 valence electrons. The number of methoxy groups -OCH3 is 1. The van der Waals surface area contributed by atoms with Crippen LogP contribution in [0.1, 0.15) is 32.7 Å². The van der Waals surface area contributed by atoms with Crippen molar-refractivity contribution in [1.82, 2.24) is 19.7 Å². The number of ether oxygens (including phenoxy) is 1. The number of pyridine rings is 1. The smallest absolute Gasteiger partial charge is 0.416 e. The molecule has 6 nitrogen and oxygen atoms in total. The summed E-state index contributed by atoms with van der Waals surface area (Å²) in [5.41, 5.74) is 2.36. The van der Waals surface area contributed by atoms with Gasteiger partial charge in [0.2, 0.25) is 0 Å². The molecule has 2 aromatic carbocycles. The highest BCUT2D eigenvalue weighted by atomic mass is 32.2. The number of hydrogen-bond acceptors (Lipinski definition) is 6. The Hall–Kier alpha value is -3.15. The van der Waals surface area contributed by atoms with Gasteiger partial charge in [0.25, 0.3) is 5.91 Å². The molecule has 1 fully saturated rings. The van der Waals surface area contributed by atoms with E-state index >= 15 is 0 Å². The Kier molecular flexibility index (Phi) is 9.39. The van der Waals surface area contributed by atoms with Crippen molar-refractivity contribution in [2.24, 2.45) is 0 Å². The number of amides is 1. The number of alkyl halides is 3. The number of thioether (sulfide) groups is 1. The van der Waals surface area contributed by atoms with Gasteiger partial charge in [-0.1, -0.05) is 12.1 Å². The summed E-state index contributed by atoms with van der Waals surface area (Å²) in [5.74, 6) is -0.804. The first kappa shape index (κ1) is 30.3. The van der Waals surface area contributed by atoms with Gasteiger partial charge in [-0.2, -0.15) is 13.2 Å². The number of aromatic nitrogens is 1. The van der Waals surface area contributed by atoms with E-state index in [2.05, 4.69) is 20.9 Å². The van der Waals surface area contributed by atoms with Gasteiger partial charge in [-0.15, -0.1) is 11.8 Å². The van der Waals surface area contributed by atoms with Crippen LogP contribution >= 0.6 is 11.8 Å². The first-order chi connectivity index (χ1) is 20.1. The molecule has 0 spiro atoms. The monoisotopic (exact) mass is 602 g/mol. The van der Waals surface area contributed by atoms with Crippen LogP contribution in [0, 0.1) is 5.82 Å². The van der Waals surface area contributed by atoms with Gasteiger partial charge in [0.15, 0.2) is 11.6 Å². The van der Waals surface area contributed by atoms with Gasteiger partial charge in [-0.05, 0) is 60.2 Å². The van der Waals surface area contributed by atoms with E-state index in [1.807, 2.05) is 12.3 Å². The van der Waals surface area contributed by atoms with Gasteiger partial charge in [-0.25, -0.2) is 4.39 Å². The zero-order chi connectivity index (χ0) is 29.9. The molecule has 1 atom stereocenters. The molecule has 2 aliphatic heterocycles. The number of carbonyl (C=O) groups excluding carboxylic acids is 1. The molecule has 5 rings (SSSR count). The van der Waals surface area contributed by atoms with E-state index < -0.39 is 23.5 Å². The molecule has 3 aromatic rings. The molecule has 2 aliphatic rings. The highest BCUT2D eigenvalue weighted by molar-refractivity contribution is 7.98. The fourth-order valence-corrected chi connectivity index (χ4v) is 6.23. The van der Waals surface area contributed by atoms with Crippen LogP contribution in [0.5, 0.6) is 5.75 Å². The molecule has 0 aliphatic carbocycles. The summed E-state index contributed by atoms with van der Waals surface area (Å²) in [5, 5.41) is 0. The summed E-state index contributed by atoms with van der Waals surface area (Å²) in [7, 11) is 1.40. The number of hydrogen-bond donors (Lipinski definition) is 0. The maximum absolute atomic E-state index is 14.1. The Bertz CT molecular complexity index is 1420. The van der Waals surface area contributed by atoms with E-state index in [-0.39, 0.29) is 17.4 Å². The molecule has 11 heteroatoms. The molecule has 0 unspecified atom stereocenters. The van der Waals surface area contributed by atoms with Gasteiger partial charge in [0.1, 0.15) is 0 Å².